The SMILES string of the molecule is COc1c(N2CCC(C(C)N(C)C)C2)c(F)c(N)c2c(=O)c(C(=O)O)cn(C3CC3)c12. The fourth-order valence-corrected chi connectivity index (χ4v) is 4.64. The molecule has 1 aromatic heterocycles. The number of carboxylic acids is 1. The number of nitrogens with two attached hydrogens (primary N) is 1. The zero-order valence-corrected chi connectivity index (χ0v) is 18.3. The molecule has 1 saturated carbocycles. The van der Waals surface area contributed by atoms with E-state index >= 15 is 4.39 Å². The van der Waals surface area contributed by atoms with Crippen molar-refractivity contribution in [1.29, 1.82) is 0 Å². The molecule has 4 rings (SSSR count). The van der Waals surface area contributed by atoms with E-state index in [9.17, 15) is 14.7 Å². The van der Waals surface area contributed by atoms with Gasteiger partial charge in [-0.15, -0.1) is 0 Å². The Morgan fingerprint density at radius 1 is 1.35 bits per heavy atom. The van der Waals surface area contributed by atoms with E-state index in [4.69, 9.17) is 10.5 Å². The molecule has 3 N–H and O–H groups in total. The maximum absolute atomic E-state index is 15.6. The van der Waals surface area contributed by atoms with Gasteiger partial charge in [0.25, 0.3) is 0 Å². The number of pyridine rings is 1. The maximum atomic E-state index is 15.6. The molecule has 1 aliphatic carbocycles. The summed E-state index contributed by atoms with van der Waals surface area (Å²) in [6, 6.07) is 0.354. The van der Waals surface area contributed by atoms with Crippen molar-refractivity contribution in [2.24, 2.45) is 5.92 Å². The first-order chi connectivity index (χ1) is 14.7. The van der Waals surface area contributed by atoms with Gasteiger partial charge in [-0.3, -0.25) is 4.79 Å². The molecule has 2 atom stereocenters. The Morgan fingerprint density at radius 2 is 2.03 bits per heavy atom. The highest BCUT2D eigenvalue weighted by Gasteiger charge is 2.36. The van der Waals surface area contributed by atoms with Crippen molar-refractivity contribution in [2.75, 3.05) is 44.9 Å². The fraction of sp³-hybridized carbons (Fsp3) is 0.545. The smallest absolute Gasteiger partial charge is 0.341 e. The van der Waals surface area contributed by atoms with Gasteiger partial charge in [-0.05, 0) is 46.2 Å². The van der Waals surface area contributed by atoms with Crippen LogP contribution in [0.4, 0.5) is 15.8 Å². The first kappa shape index (κ1) is 21.4. The second-order valence-corrected chi connectivity index (χ2v) is 8.85. The number of aromatic carboxylic acids is 1. The van der Waals surface area contributed by atoms with E-state index < -0.39 is 22.8 Å². The summed E-state index contributed by atoms with van der Waals surface area (Å²) in [4.78, 5) is 28.7. The van der Waals surface area contributed by atoms with Crippen molar-refractivity contribution in [2.45, 2.75) is 38.3 Å². The number of anilines is 2. The number of nitrogen functional groups attached to an aromatic ring is 1. The quantitative estimate of drug-likeness (QED) is 0.677. The number of methoxy groups -OCH3 is 1. The zero-order chi connectivity index (χ0) is 22.6. The van der Waals surface area contributed by atoms with E-state index in [0.717, 1.165) is 19.3 Å². The summed E-state index contributed by atoms with van der Waals surface area (Å²) in [6.07, 6.45) is 3.93. The number of rotatable bonds is 6. The Balaban J connectivity index is 1.96. The zero-order valence-electron chi connectivity index (χ0n) is 18.3. The summed E-state index contributed by atoms with van der Waals surface area (Å²) in [6.45, 7) is 3.43. The van der Waals surface area contributed by atoms with Gasteiger partial charge in [-0.25, -0.2) is 9.18 Å². The molecule has 2 aromatic rings. The highest BCUT2D eigenvalue weighted by atomic mass is 19.1. The molecule has 1 aliphatic heterocycles. The number of aromatic nitrogens is 1. The van der Waals surface area contributed by atoms with E-state index in [-0.39, 0.29) is 28.6 Å². The van der Waals surface area contributed by atoms with Crippen LogP contribution >= 0.6 is 0 Å². The van der Waals surface area contributed by atoms with Gasteiger partial charge in [-0.1, -0.05) is 0 Å². The van der Waals surface area contributed by atoms with Gasteiger partial charge in [0.2, 0.25) is 5.43 Å². The molecule has 2 unspecified atom stereocenters. The molecular formula is C22H29FN4O4. The van der Waals surface area contributed by atoms with E-state index in [1.807, 2.05) is 19.0 Å². The fourth-order valence-electron chi connectivity index (χ4n) is 4.64. The molecule has 0 bridgehead atoms. The molecule has 2 fully saturated rings. The molecule has 2 heterocycles. The van der Waals surface area contributed by atoms with Gasteiger partial charge in [0.1, 0.15) is 11.3 Å². The second kappa shape index (κ2) is 7.71. The van der Waals surface area contributed by atoms with E-state index in [2.05, 4.69) is 11.8 Å². The van der Waals surface area contributed by atoms with Crippen LogP contribution in [0.5, 0.6) is 5.75 Å². The molecule has 168 valence electrons. The second-order valence-electron chi connectivity index (χ2n) is 8.85. The van der Waals surface area contributed by atoms with Gasteiger partial charge in [-0.2, -0.15) is 0 Å². The van der Waals surface area contributed by atoms with Crippen molar-refractivity contribution >= 4 is 28.2 Å². The first-order valence-electron chi connectivity index (χ1n) is 10.6. The van der Waals surface area contributed by atoms with Crippen molar-refractivity contribution in [3.05, 3.63) is 27.8 Å². The summed E-state index contributed by atoms with van der Waals surface area (Å²) >= 11 is 0. The lowest BCUT2D eigenvalue weighted by Gasteiger charge is -2.28. The van der Waals surface area contributed by atoms with E-state index in [1.165, 1.54) is 13.3 Å². The average Bonchev–Trinajstić information content (AvgIpc) is 3.46. The molecule has 9 heteroatoms. The van der Waals surface area contributed by atoms with Crippen molar-refractivity contribution in [1.82, 2.24) is 9.47 Å². The Hall–Kier alpha value is -2.81. The Kier molecular flexibility index (Phi) is 5.33. The number of ether oxygens (including phenoxy) is 1. The van der Waals surface area contributed by atoms with Crippen LogP contribution < -0.4 is 20.8 Å². The summed E-state index contributed by atoms with van der Waals surface area (Å²) < 4.78 is 23.0. The summed E-state index contributed by atoms with van der Waals surface area (Å²) in [7, 11) is 5.49. The van der Waals surface area contributed by atoms with Crippen LogP contribution in [-0.2, 0) is 0 Å². The van der Waals surface area contributed by atoms with Crippen LogP contribution in [0.1, 0.15) is 42.6 Å². The topological polar surface area (TPSA) is 101 Å². The lowest BCUT2D eigenvalue weighted by molar-refractivity contribution is 0.0695. The Morgan fingerprint density at radius 3 is 2.58 bits per heavy atom. The minimum absolute atomic E-state index is 0.0351. The average molecular weight is 432 g/mol. The highest BCUT2D eigenvalue weighted by Crippen LogP contribution is 2.47. The molecule has 1 aromatic carbocycles. The number of carboxylic acid groups (broad SMARTS) is 1. The number of fused-ring (bicyclic) bond motifs is 1. The number of hydrogen-bond donors (Lipinski definition) is 2. The van der Waals surface area contributed by atoms with Crippen LogP contribution in [0.25, 0.3) is 10.9 Å². The van der Waals surface area contributed by atoms with Crippen molar-refractivity contribution < 1.29 is 19.0 Å². The van der Waals surface area contributed by atoms with Crippen LogP contribution in [0, 0.1) is 11.7 Å². The third-order valence-electron chi connectivity index (χ3n) is 6.79. The molecular weight excluding hydrogens is 403 g/mol. The number of nitrogens with zero attached hydrogens (tertiary/aromatic N) is 3. The minimum atomic E-state index is -1.36. The molecule has 31 heavy (non-hydrogen) atoms. The van der Waals surface area contributed by atoms with E-state index in [1.54, 1.807) is 4.57 Å². The maximum Gasteiger partial charge on any atom is 0.341 e. The van der Waals surface area contributed by atoms with Gasteiger partial charge in [0.05, 0.1) is 23.7 Å². The van der Waals surface area contributed by atoms with Gasteiger partial charge in [0.15, 0.2) is 11.6 Å². The third-order valence-corrected chi connectivity index (χ3v) is 6.79. The summed E-state index contributed by atoms with van der Waals surface area (Å²) in [5.41, 5.74) is 5.23. The molecule has 0 radical (unpaired) electrons. The number of benzene rings is 1. The normalized spacial score (nSPS) is 19.9. The summed E-state index contributed by atoms with van der Waals surface area (Å²) in [5, 5.41) is 9.38. The molecule has 8 nitrogen and oxygen atoms in total. The van der Waals surface area contributed by atoms with Crippen LogP contribution in [0.3, 0.4) is 0 Å². The largest absolute Gasteiger partial charge is 0.492 e. The van der Waals surface area contributed by atoms with Gasteiger partial charge in [0, 0.05) is 31.4 Å². The first-order valence-corrected chi connectivity index (χ1v) is 10.6. The van der Waals surface area contributed by atoms with Crippen molar-refractivity contribution in [3.63, 3.8) is 0 Å². The van der Waals surface area contributed by atoms with E-state index in [0.29, 0.717) is 30.6 Å². The van der Waals surface area contributed by atoms with Crippen LogP contribution in [0.2, 0.25) is 0 Å². The van der Waals surface area contributed by atoms with Crippen LogP contribution in [0.15, 0.2) is 11.0 Å². The molecule has 2 aliphatic rings. The molecule has 1 saturated heterocycles. The standard InChI is InChI=1S/C22H29FN4O4/c1-11(25(2)3)12-7-8-26(9-12)19-16(23)17(24)15-18(21(19)31-4)27(13-5-6-13)10-14(20(15)28)22(29)30/h10-13H,5-9,24H2,1-4H3,(H,29,30). The van der Waals surface area contributed by atoms with Gasteiger partial charge >= 0.3 is 5.97 Å². The number of halogens is 1. The van der Waals surface area contributed by atoms with Crippen LogP contribution in [-0.4, -0.2) is 60.9 Å². The Labute approximate surface area is 180 Å². The highest BCUT2D eigenvalue weighted by molar-refractivity contribution is 6.03. The molecule has 0 spiro atoms. The predicted octanol–water partition coefficient (Wildman–Crippen LogP) is 2.54. The minimum Gasteiger partial charge on any atom is -0.492 e. The lowest BCUT2D eigenvalue weighted by Crippen LogP contribution is -2.34. The number of carbonyl (C=O) groups is 1. The predicted molar refractivity (Wildman–Crippen MR) is 118 cm³/mol. The summed E-state index contributed by atoms with van der Waals surface area (Å²) in [5.74, 6) is -1.51. The van der Waals surface area contributed by atoms with Crippen molar-refractivity contribution in [3.8, 4) is 5.75 Å². The lowest BCUT2D eigenvalue weighted by atomic mass is 10.00. The third kappa shape index (κ3) is 3.40. The van der Waals surface area contributed by atoms with Gasteiger partial charge < -0.3 is 29.9 Å². The molecule has 0 amide bonds. The monoisotopic (exact) mass is 432 g/mol. The number of hydrogen-bond acceptors (Lipinski definition) is 6. The Bertz CT molecular complexity index is 1110.